The summed E-state index contributed by atoms with van der Waals surface area (Å²) >= 11 is 3.44. The molecule has 0 spiro atoms. The number of piperidine rings is 1. The van der Waals surface area contributed by atoms with Crippen LogP contribution in [0.2, 0.25) is 0 Å². The molecule has 1 aliphatic heterocycles. The molecule has 4 heteroatoms. The third-order valence-electron chi connectivity index (χ3n) is 3.02. The van der Waals surface area contributed by atoms with Crippen LogP contribution in [0.1, 0.15) is 18.4 Å². The number of hydrogen-bond donors (Lipinski definition) is 1. The Bertz CT molecular complexity index is 459. The molecule has 0 radical (unpaired) electrons. The number of carbonyl (C=O) groups is 1. The summed E-state index contributed by atoms with van der Waals surface area (Å²) in [5, 5.41) is 9.53. The number of hydrogen-bond acceptors (Lipinski definition) is 2. The molecule has 1 N–H and O–H groups in total. The summed E-state index contributed by atoms with van der Waals surface area (Å²) in [5.41, 5.74) is 0.975. The SMILES string of the molecule is O=C(/C=C/c1ccccc1Br)N1CCC[C@H](O)C1. The van der Waals surface area contributed by atoms with Gasteiger partial charge in [0.25, 0.3) is 0 Å². The number of benzene rings is 1. The van der Waals surface area contributed by atoms with Gasteiger partial charge >= 0.3 is 0 Å². The van der Waals surface area contributed by atoms with Crippen LogP contribution in [-0.2, 0) is 4.79 Å². The first kappa shape index (κ1) is 13.3. The Morgan fingerprint density at radius 3 is 2.94 bits per heavy atom. The summed E-state index contributed by atoms with van der Waals surface area (Å²) in [6.07, 6.45) is 4.65. The van der Waals surface area contributed by atoms with Gasteiger partial charge < -0.3 is 10.0 Å². The molecule has 1 heterocycles. The molecule has 1 aromatic rings. The van der Waals surface area contributed by atoms with Crippen LogP contribution in [0.25, 0.3) is 6.08 Å². The molecule has 2 rings (SSSR count). The van der Waals surface area contributed by atoms with E-state index in [4.69, 9.17) is 0 Å². The van der Waals surface area contributed by atoms with E-state index >= 15 is 0 Å². The fourth-order valence-electron chi connectivity index (χ4n) is 2.03. The Hall–Kier alpha value is -1.13. The van der Waals surface area contributed by atoms with Crippen molar-refractivity contribution >= 4 is 27.9 Å². The first-order valence-corrected chi connectivity index (χ1v) is 6.85. The van der Waals surface area contributed by atoms with Crippen LogP contribution in [0.5, 0.6) is 0 Å². The highest BCUT2D eigenvalue weighted by atomic mass is 79.9. The number of carbonyl (C=O) groups excluding carboxylic acids is 1. The molecule has 0 aliphatic carbocycles. The minimum absolute atomic E-state index is 0.0375. The van der Waals surface area contributed by atoms with Gasteiger partial charge in [0.2, 0.25) is 5.91 Å². The van der Waals surface area contributed by atoms with Crippen LogP contribution in [0, 0.1) is 0 Å². The highest BCUT2D eigenvalue weighted by Gasteiger charge is 2.20. The largest absolute Gasteiger partial charge is 0.391 e. The zero-order valence-electron chi connectivity index (χ0n) is 10.1. The van der Waals surface area contributed by atoms with Crippen molar-refractivity contribution in [3.8, 4) is 0 Å². The molecular weight excluding hydrogens is 294 g/mol. The Morgan fingerprint density at radius 2 is 2.22 bits per heavy atom. The lowest BCUT2D eigenvalue weighted by molar-refractivity contribution is -0.128. The van der Waals surface area contributed by atoms with Gasteiger partial charge in [0, 0.05) is 23.6 Å². The Morgan fingerprint density at radius 1 is 1.44 bits per heavy atom. The van der Waals surface area contributed by atoms with Crippen LogP contribution in [0.4, 0.5) is 0 Å². The zero-order chi connectivity index (χ0) is 13.0. The lowest BCUT2D eigenvalue weighted by Gasteiger charge is -2.29. The standard InChI is InChI=1S/C14H16BrNO2/c15-13-6-2-1-4-11(13)7-8-14(18)16-9-3-5-12(17)10-16/h1-2,4,6-8,12,17H,3,5,9-10H2/b8-7+/t12-/m0/s1. The van der Waals surface area contributed by atoms with Gasteiger partial charge in [0.15, 0.2) is 0 Å². The van der Waals surface area contributed by atoms with E-state index in [1.165, 1.54) is 0 Å². The molecule has 1 fully saturated rings. The fourth-order valence-corrected chi connectivity index (χ4v) is 2.45. The number of aliphatic hydroxyl groups excluding tert-OH is 1. The minimum Gasteiger partial charge on any atom is -0.391 e. The van der Waals surface area contributed by atoms with Crippen LogP contribution in [-0.4, -0.2) is 35.1 Å². The third-order valence-corrected chi connectivity index (χ3v) is 3.74. The van der Waals surface area contributed by atoms with E-state index in [0.717, 1.165) is 29.4 Å². The molecule has 18 heavy (non-hydrogen) atoms. The van der Waals surface area contributed by atoms with E-state index in [0.29, 0.717) is 6.54 Å². The Balaban J connectivity index is 2.01. The predicted octanol–water partition coefficient (Wildman–Crippen LogP) is 2.45. The van der Waals surface area contributed by atoms with Gasteiger partial charge in [-0.25, -0.2) is 0 Å². The maximum absolute atomic E-state index is 11.9. The van der Waals surface area contributed by atoms with Gasteiger partial charge in [-0.15, -0.1) is 0 Å². The molecule has 1 aromatic carbocycles. The lowest BCUT2D eigenvalue weighted by Crippen LogP contribution is -2.41. The van der Waals surface area contributed by atoms with Crippen LogP contribution >= 0.6 is 15.9 Å². The van der Waals surface area contributed by atoms with E-state index in [1.54, 1.807) is 17.1 Å². The number of halogens is 1. The number of β-amino-alcohol motifs (C(OH)–C–C–N with tert-alkyl or cyclic N) is 1. The summed E-state index contributed by atoms with van der Waals surface area (Å²) in [7, 11) is 0. The average Bonchev–Trinajstić information content (AvgIpc) is 2.37. The molecule has 1 aliphatic rings. The highest BCUT2D eigenvalue weighted by molar-refractivity contribution is 9.10. The van der Waals surface area contributed by atoms with Crippen molar-refractivity contribution in [3.63, 3.8) is 0 Å². The molecule has 0 bridgehead atoms. The Kier molecular flexibility index (Phi) is 4.55. The second kappa shape index (κ2) is 6.16. The van der Waals surface area contributed by atoms with Crippen LogP contribution in [0.15, 0.2) is 34.8 Å². The third kappa shape index (κ3) is 3.43. The van der Waals surface area contributed by atoms with E-state index in [9.17, 15) is 9.90 Å². The fraction of sp³-hybridized carbons (Fsp3) is 0.357. The summed E-state index contributed by atoms with van der Waals surface area (Å²) in [5.74, 6) is -0.0375. The quantitative estimate of drug-likeness (QED) is 0.853. The van der Waals surface area contributed by atoms with Crippen molar-refractivity contribution in [2.45, 2.75) is 18.9 Å². The minimum atomic E-state index is -0.375. The van der Waals surface area contributed by atoms with Crippen molar-refractivity contribution in [1.82, 2.24) is 4.90 Å². The van der Waals surface area contributed by atoms with E-state index in [-0.39, 0.29) is 12.0 Å². The van der Waals surface area contributed by atoms with E-state index in [1.807, 2.05) is 24.3 Å². The molecule has 0 aromatic heterocycles. The monoisotopic (exact) mass is 309 g/mol. The van der Waals surface area contributed by atoms with Gasteiger partial charge in [-0.05, 0) is 30.5 Å². The summed E-state index contributed by atoms with van der Waals surface area (Å²) in [4.78, 5) is 13.6. The predicted molar refractivity (Wildman–Crippen MR) is 75.0 cm³/mol. The van der Waals surface area contributed by atoms with Gasteiger partial charge in [0.1, 0.15) is 0 Å². The molecule has 3 nitrogen and oxygen atoms in total. The molecule has 1 atom stereocenters. The number of amides is 1. The van der Waals surface area contributed by atoms with Crippen LogP contribution in [0.3, 0.4) is 0 Å². The van der Waals surface area contributed by atoms with Crippen molar-refractivity contribution in [2.75, 3.05) is 13.1 Å². The second-order valence-electron chi connectivity index (χ2n) is 4.44. The first-order valence-electron chi connectivity index (χ1n) is 6.06. The zero-order valence-corrected chi connectivity index (χ0v) is 11.6. The van der Waals surface area contributed by atoms with E-state index in [2.05, 4.69) is 15.9 Å². The van der Waals surface area contributed by atoms with Gasteiger partial charge in [-0.2, -0.15) is 0 Å². The topological polar surface area (TPSA) is 40.5 Å². The number of rotatable bonds is 2. The smallest absolute Gasteiger partial charge is 0.246 e. The Labute approximate surface area is 115 Å². The lowest BCUT2D eigenvalue weighted by atomic mass is 10.1. The van der Waals surface area contributed by atoms with Gasteiger partial charge in [0.05, 0.1) is 6.10 Å². The average molecular weight is 310 g/mol. The summed E-state index contributed by atoms with van der Waals surface area (Å²) < 4.78 is 0.965. The van der Waals surface area contributed by atoms with Crippen molar-refractivity contribution in [2.24, 2.45) is 0 Å². The van der Waals surface area contributed by atoms with Crippen molar-refractivity contribution < 1.29 is 9.90 Å². The number of aliphatic hydroxyl groups is 1. The summed E-state index contributed by atoms with van der Waals surface area (Å²) in [6, 6.07) is 7.75. The second-order valence-corrected chi connectivity index (χ2v) is 5.29. The number of likely N-dealkylation sites (tertiary alicyclic amines) is 1. The molecular formula is C14H16BrNO2. The maximum atomic E-state index is 11.9. The van der Waals surface area contributed by atoms with Crippen molar-refractivity contribution in [1.29, 1.82) is 0 Å². The van der Waals surface area contributed by atoms with Gasteiger partial charge in [-0.1, -0.05) is 34.1 Å². The van der Waals surface area contributed by atoms with Crippen molar-refractivity contribution in [3.05, 3.63) is 40.4 Å². The molecule has 96 valence electrons. The molecule has 0 saturated carbocycles. The maximum Gasteiger partial charge on any atom is 0.246 e. The normalized spacial score (nSPS) is 20.3. The van der Waals surface area contributed by atoms with Crippen LogP contribution < -0.4 is 0 Å². The van der Waals surface area contributed by atoms with Gasteiger partial charge in [-0.3, -0.25) is 4.79 Å². The molecule has 1 amide bonds. The number of nitrogens with zero attached hydrogens (tertiary/aromatic N) is 1. The highest BCUT2D eigenvalue weighted by Crippen LogP contribution is 2.17. The molecule has 1 saturated heterocycles. The summed E-state index contributed by atoms with van der Waals surface area (Å²) in [6.45, 7) is 1.18. The van der Waals surface area contributed by atoms with E-state index < -0.39 is 0 Å². The first-order chi connectivity index (χ1) is 8.66. The molecule has 0 unspecified atom stereocenters.